The average Bonchev–Trinajstić information content (AvgIpc) is 3.05. The van der Waals surface area contributed by atoms with Crippen LogP contribution in [0.15, 0.2) is 36.9 Å². The van der Waals surface area contributed by atoms with Gasteiger partial charge in [-0.05, 0) is 67.3 Å². The molecule has 0 spiro atoms. The summed E-state index contributed by atoms with van der Waals surface area (Å²) < 4.78 is 5.25. The third kappa shape index (κ3) is 3.56. The summed E-state index contributed by atoms with van der Waals surface area (Å²) in [5.41, 5.74) is 5.86. The highest BCUT2D eigenvalue weighted by atomic mass is 16.5. The topological polar surface area (TPSA) is 81.9 Å². The van der Waals surface area contributed by atoms with E-state index in [9.17, 15) is 10.4 Å². The zero-order valence-electron chi connectivity index (χ0n) is 15.6. The number of aryl methyl sites for hydroxylation is 2. The third-order valence-electron chi connectivity index (χ3n) is 4.54. The fraction of sp³-hybridized carbons (Fsp3) is 0.182. The van der Waals surface area contributed by atoms with E-state index in [4.69, 9.17) is 4.74 Å². The molecule has 5 nitrogen and oxygen atoms in total. The predicted octanol–water partition coefficient (Wildman–Crippen LogP) is 4.69. The number of phenols is 1. The molecule has 0 saturated carbocycles. The van der Waals surface area contributed by atoms with Crippen LogP contribution in [0.2, 0.25) is 0 Å². The van der Waals surface area contributed by atoms with Crippen molar-refractivity contribution >= 4 is 22.7 Å². The van der Waals surface area contributed by atoms with Crippen LogP contribution in [-0.4, -0.2) is 22.2 Å². The molecule has 0 unspecified atom stereocenters. The molecule has 0 saturated heterocycles. The highest BCUT2D eigenvalue weighted by molar-refractivity contribution is 5.91. The number of aromatic hydroxyl groups is 1. The second kappa shape index (κ2) is 7.38. The second-order valence-electron chi connectivity index (χ2n) is 6.43. The number of methoxy groups -OCH3 is 1. The lowest BCUT2D eigenvalue weighted by Crippen LogP contribution is -1.92. The fourth-order valence-electron chi connectivity index (χ4n) is 2.96. The summed E-state index contributed by atoms with van der Waals surface area (Å²) in [5.74, 6) is 0.950. The van der Waals surface area contributed by atoms with E-state index in [0.717, 1.165) is 27.7 Å². The molecule has 0 aliphatic heterocycles. The number of H-pyrrole nitrogens is 1. The monoisotopic (exact) mass is 359 g/mol. The van der Waals surface area contributed by atoms with Crippen LogP contribution in [0, 0.1) is 25.2 Å². The molecule has 5 heteroatoms. The Balaban J connectivity index is 2.10. The zero-order valence-corrected chi connectivity index (χ0v) is 15.6. The molecule has 27 heavy (non-hydrogen) atoms. The van der Waals surface area contributed by atoms with Gasteiger partial charge in [0, 0.05) is 5.56 Å². The highest BCUT2D eigenvalue weighted by Crippen LogP contribution is 2.33. The molecule has 3 aromatic rings. The van der Waals surface area contributed by atoms with E-state index in [1.165, 1.54) is 7.11 Å². The van der Waals surface area contributed by atoms with E-state index in [2.05, 4.69) is 22.6 Å². The Labute approximate surface area is 158 Å². The standard InChI is InChI=1S/C22H21N3O2/c1-5-6-16-9-15(11-20(27-4)21(16)26)10-17(12-23)22-24-18-7-13(2)14(3)8-19(18)25-22/h5,7-11,26H,1,6H2,2-4H3,(H,24,25)/b17-10-. The Morgan fingerprint density at radius 1 is 1.30 bits per heavy atom. The number of imidazole rings is 1. The Bertz CT molecular complexity index is 1060. The largest absolute Gasteiger partial charge is 0.504 e. The molecule has 136 valence electrons. The number of ether oxygens (including phenoxy) is 1. The number of phenolic OH excluding ortho intramolecular Hbond substituents is 1. The Morgan fingerprint density at radius 2 is 2.04 bits per heavy atom. The Morgan fingerprint density at radius 3 is 2.70 bits per heavy atom. The van der Waals surface area contributed by atoms with Gasteiger partial charge in [-0.25, -0.2) is 4.98 Å². The number of aromatic amines is 1. The van der Waals surface area contributed by atoms with Crippen LogP contribution in [0.1, 0.15) is 28.1 Å². The first kappa shape index (κ1) is 18.3. The number of nitrogens with zero attached hydrogens (tertiary/aromatic N) is 2. The van der Waals surface area contributed by atoms with Crippen LogP contribution in [0.25, 0.3) is 22.7 Å². The third-order valence-corrected chi connectivity index (χ3v) is 4.54. The number of aromatic nitrogens is 2. The quantitative estimate of drug-likeness (QED) is 0.511. The van der Waals surface area contributed by atoms with Crippen molar-refractivity contribution in [3.05, 3.63) is 65.0 Å². The summed E-state index contributed by atoms with van der Waals surface area (Å²) in [4.78, 5) is 7.77. The van der Waals surface area contributed by atoms with E-state index in [1.807, 2.05) is 32.0 Å². The van der Waals surface area contributed by atoms with Crippen LogP contribution >= 0.6 is 0 Å². The van der Waals surface area contributed by atoms with Gasteiger partial charge in [-0.15, -0.1) is 6.58 Å². The zero-order chi connectivity index (χ0) is 19.6. The van der Waals surface area contributed by atoms with Crippen molar-refractivity contribution in [1.82, 2.24) is 9.97 Å². The van der Waals surface area contributed by atoms with E-state index >= 15 is 0 Å². The molecule has 0 radical (unpaired) electrons. The lowest BCUT2D eigenvalue weighted by Gasteiger charge is -2.09. The number of allylic oxidation sites excluding steroid dienone is 2. The number of hydrogen-bond donors (Lipinski definition) is 2. The van der Waals surface area contributed by atoms with Crippen LogP contribution in [0.4, 0.5) is 0 Å². The van der Waals surface area contributed by atoms with E-state index in [-0.39, 0.29) is 5.75 Å². The van der Waals surface area contributed by atoms with Gasteiger partial charge in [-0.1, -0.05) is 6.08 Å². The minimum atomic E-state index is 0.0859. The number of fused-ring (bicyclic) bond motifs is 1. The van der Waals surface area contributed by atoms with Gasteiger partial charge in [0.15, 0.2) is 11.5 Å². The summed E-state index contributed by atoms with van der Waals surface area (Å²) in [6.07, 6.45) is 3.93. The number of nitriles is 1. The van der Waals surface area contributed by atoms with Gasteiger partial charge in [0.25, 0.3) is 0 Å². The number of benzene rings is 2. The molecule has 2 N–H and O–H groups in total. The molecular formula is C22H21N3O2. The highest BCUT2D eigenvalue weighted by Gasteiger charge is 2.12. The van der Waals surface area contributed by atoms with E-state index in [1.54, 1.807) is 18.2 Å². The second-order valence-corrected chi connectivity index (χ2v) is 6.43. The van der Waals surface area contributed by atoms with Crippen LogP contribution in [0.5, 0.6) is 11.5 Å². The smallest absolute Gasteiger partial charge is 0.161 e. The normalized spacial score (nSPS) is 11.4. The Hall–Kier alpha value is -3.52. The molecule has 0 aliphatic rings. The van der Waals surface area contributed by atoms with Crippen LogP contribution in [-0.2, 0) is 6.42 Å². The predicted molar refractivity (Wildman–Crippen MR) is 108 cm³/mol. The van der Waals surface area contributed by atoms with Gasteiger partial charge < -0.3 is 14.8 Å². The summed E-state index contributed by atoms with van der Waals surface area (Å²) in [6.45, 7) is 7.79. The van der Waals surface area contributed by atoms with Gasteiger partial charge >= 0.3 is 0 Å². The molecule has 1 heterocycles. The Kier molecular flexibility index (Phi) is 5.00. The van der Waals surface area contributed by atoms with Crippen molar-refractivity contribution in [2.45, 2.75) is 20.3 Å². The summed E-state index contributed by atoms with van der Waals surface area (Å²) in [7, 11) is 1.50. The summed E-state index contributed by atoms with van der Waals surface area (Å²) >= 11 is 0. The summed E-state index contributed by atoms with van der Waals surface area (Å²) in [6, 6.07) is 9.74. The average molecular weight is 359 g/mol. The van der Waals surface area contributed by atoms with Gasteiger partial charge in [-0.2, -0.15) is 5.26 Å². The first-order chi connectivity index (χ1) is 13.0. The maximum absolute atomic E-state index is 10.2. The number of hydrogen-bond acceptors (Lipinski definition) is 4. The first-order valence-electron chi connectivity index (χ1n) is 8.56. The van der Waals surface area contributed by atoms with Crippen molar-refractivity contribution in [2.75, 3.05) is 7.11 Å². The fourth-order valence-corrected chi connectivity index (χ4v) is 2.96. The molecule has 0 fully saturated rings. The molecule has 3 rings (SSSR count). The van der Waals surface area contributed by atoms with Crippen LogP contribution < -0.4 is 4.74 Å². The lowest BCUT2D eigenvalue weighted by molar-refractivity contribution is 0.371. The molecule has 0 atom stereocenters. The molecule has 0 bridgehead atoms. The van der Waals surface area contributed by atoms with Gasteiger partial charge in [-0.3, -0.25) is 0 Å². The van der Waals surface area contributed by atoms with Crippen molar-refractivity contribution < 1.29 is 9.84 Å². The summed E-state index contributed by atoms with van der Waals surface area (Å²) in [5, 5.41) is 19.9. The van der Waals surface area contributed by atoms with E-state index < -0.39 is 0 Å². The molecular weight excluding hydrogens is 338 g/mol. The maximum Gasteiger partial charge on any atom is 0.161 e. The maximum atomic E-state index is 10.2. The van der Waals surface area contributed by atoms with Crippen molar-refractivity contribution in [2.24, 2.45) is 0 Å². The lowest BCUT2D eigenvalue weighted by atomic mass is 10.0. The van der Waals surface area contributed by atoms with Crippen LogP contribution in [0.3, 0.4) is 0 Å². The minimum Gasteiger partial charge on any atom is -0.504 e. The number of nitrogens with one attached hydrogen (secondary N) is 1. The molecule has 1 aromatic heterocycles. The van der Waals surface area contributed by atoms with Gasteiger partial charge in [0.2, 0.25) is 0 Å². The SMILES string of the molecule is C=CCc1cc(/C=C(/C#N)c2nc3cc(C)c(C)cc3[nH]2)cc(OC)c1O. The number of rotatable bonds is 5. The molecule has 2 aromatic carbocycles. The first-order valence-corrected chi connectivity index (χ1v) is 8.56. The van der Waals surface area contributed by atoms with Crippen molar-refractivity contribution in [1.29, 1.82) is 5.26 Å². The van der Waals surface area contributed by atoms with Gasteiger partial charge in [0.1, 0.15) is 11.9 Å². The molecule has 0 aliphatic carbocycles. The van der Waals surface area contributed by atoms with Gasteiger partial charge in [0.05, 0.1) is 23.7 Å². The van der Waals surface area contributed by atoms with Crippen molar-refractivity contribution in [3.8, 4) is 17.6 Å². The van der Waals surface area contributed by atoms with E-state index in [0.29, 0.717) is 29.1 Å². The molecule has 0 amide bonds. The van der Waals surface area contributed by atoms with Crippen molar-refractivity contribution in [3.63, 3.8) is 0 Å². The minimum absolute atomic E-state index is 0.0859.